The Bertz CT molecular complexity index is 280. The molecule has 0 heterocycles. The minimum atomic E-state index is -0.523. The van der Waals surface area contributed by atoms with Crippen LogP contribution in [0.5, 0.6) is 0 Å². The van der Waals surface area contributed by atoms with E-state index >= 15 is 0 Å². The molecule has 0 radical (unpaired) electrons. The van der Waals surface area contributed by atoms with Crippen molar-refractivity contribution in [3.63, 3.8) is 0 Å². The average molecular weight is 227 g/mol. The first-order valence-electron chi connectivity index (χ1n) is 5.76. The third kappa shape index (κ3) is 5.14. The third-order valence-corrected chi connectivity index (χ3v) is 2.59. The van der Waals surface area contributed by atoms with Gasteiger partial charge in [0.15, 0.2) is 5.78 Å². The fourth-order valence-corrected chi connectivity index (χ4v) is 1.53. The molecule has 1 aliphatic carbocycles. The highest BCUT2D eigenvalue weighted by Gasteiger charge is 2.33. The molecular formula is C12H21NO3. The average Bonchev–Trinajstić information content (AvgIpc) is 2.75. The molecule has 2 atom stereocenters. The molecule has 0 spiro atoms. The first kappa shape index (κ1) is 13.0. The van der Waals surface area contributed by atoms with E-state index in [0.717, 1.165) is 6.42 Å². The highest BCUT2D eigenvalue weighted by molar-refractivity contribution is 5.84. The van der Waals surface area contributed by atoms with Crippen LogP contribution < -0.4 is 5.32 Å². The number of alkyl carbamates (subject to hydrolysis) is 1. The Hall–Kier alpha value is -1.06. The van der Waals surface area contributed by atoms with Crippen LogP contribution in [0.15, 0.2) is 0 Å². The van der Waals surface area contributed by atoms with Crippen molar-refractivity contribution in [2.75, 3.05) is 6.54 Å². The summed E-state index contributed by atoms with van der Waals surface area (Å²) in [6.07, 6.45) is 1.19. The molecule has 2 unspecified atom stereocenters. The van der Waals surface area contributed by atoms with Gasteiger partial charge in [-0.15, -0.1) is 0 Å². The predicted octanol–water partition coefficient (Wildman–Crippen LogP) is 2.13. The van der Waals surface area contributed by atoms with Gasteiger partial charge in [-0.2, -0.15) is 0 Å². The summed E-state index contributed by atoms with van der Waals surface area (Å²) in [5, 5.41) is 2.48. The first-order chi connectivity index (χ1) is 7.28. The molecule has 1 aliphatic rings. The van der Waals surface area contributed by atoms with E-state index < -0.39 is 11.7 Å². The number of carbonyl (C=O) groups is 2. The number of carbonyl (C=O) groups excluding carboxylic acids is 2. The lowest BCUT2D eigenvalue weighted by Gasteiger charge is -2.19. The zero-order valence-electron chi connectivity index (χ0n) is 10.5. The summed E-state index contributed by atoms with van der Waals surface area (Å²) in [6.45, 7) is 7.60. The van der Waals surface area contributed by atoms with Crippen molar-refractivity contribution in [2.24, 2.45) is 11.8 Å². The minimum absolute atomic E-state index is 0.0815. The lowest BCUT2D eigenvalue weighted by Crippen LogP contribution is -2.35. The van der Waals surface area contributed by atoms with Crippen molar-refractivity contribution in [3.05, 3.63) is 0 Å². The van der Waals surface area contributed by atoms with Gasteiger partial charge in [0.05, 0.1) is 6.54 Å². The van der Waals surface area contributed by atoms with Gasteiger partial charge in [0.2, 0.25) is 0 Å². The predicted molar refractivity (Wildman–Crippen MR) is 61.1 cm³/mol. The molecule has 4 nitrogen and oxygen atoms in total. The van der Waals surface area contributed by atoms with Crippen LogP contribution in [0.25, 0.3) is 0 Å². The SMILES string of the molecule is CC1CC1CC(=O)CNC(=O)OC(C)(C)C. The van der Waals surface area contributed by atoms with Gasteiger partial charge < -0.3 is 10.1 Å². The van der Waals surface area contributed by atoms with Gasteiger partial charge in [-0.25, -0.2) is 4.79 Å². The summed E-state index contributed by atoms with van der Waals surface area (Å²) in [7, 11) is 0. The van der Waals surface area contributed by atoms with Crippen molar-refractivity contribution in [1.29, 1.82) is 0 Å². The molecule has 1 rings (SSSR count). The summed E-state index contributed by atoms with van der Waals surface area (Å²) in [5.74, 6) is 1.29. The summed E-state index contributed by atoms with van der Waals surface area (Å²) in [5.41, 5.74) is -0.516. The smallest absolute Gasteiger partial charge is 0.408 e. The minimum Gasteiger partial charge on any atom is -0.444 e. The van der Waals surface area contributed by atoms with E-state index in [1.54, 1.807) is 20.8 Å². The summed E-state index contributed by atoms with van der Waals surface area (Å²) in [6, 6.07) is 0. The van der Waals surface area contributed by atoms with Gasteiger partial charge in [-0.05, 0) is 39.0 Å². The first-order valence-corrected chi connectivity index (χ1v) is 5.76. The third-order valence-electron chi connectivity index (χ3n) is 2.59. The monoisotopic (exact) mass is 227 g/mol. The molecular weight excluding hydrogens is 206 g/mol. The molecule has 4 heteroatoms. The van der Waals surface area contributed by atoms with Crippen molar-refractivity contribution < 1.29 is 14.3 Å². The van der Waals surface area contributed by atoms with Gasteiger partial charge >= 0.3 is 6.09 Å². The van der Waals surface area contributed by atoms with Crippen LogP contribution in [0.3, 0.4) is 0 Å². The van der Waals surface area contributed by atoms with Crippen LogP contribution in [0.4, 0.5) is 4.79 Å². The zero-order chi connectivity index (χ0) is 12.3. The normalized spacial score (nSPS) is 23.8. The van der Waals surface area contributed by atoms with E-state index in [4.69, 9.17) is 4.74 Å². The van der Waals surface area contributed by atoms with Gasteiger partial charge in [0.1, 0.15) is 5.60 Å². The highest BCUT2D eigenvalue weighted by atomic mass is 16.6. The lowest BCUT2D eigenvalue weighted by atomic mass is 10.2. The number of amides is 1. The van der Waals surface area contributed by atoms with Crippen LogP contribution in [0.2, 0.25) is 0 Å². The maximum Gasteiger partial charge on any atom is 0.408 e. The van der Waals surface area contributed by atoms with E-state index in [1.807, 2.05) is 0 Å². The molecule has 0 aromatic rings. The van der Waals surface area contributed by atoms with Crippen molar-refractivity contribution in [1.82, 2.24) is 5.32 Å². The second-order valence-electron chi connectivity index (χ2n) is 5.57. The maximum atomic E-state index is 11.4. The molecule has 0 aromatic heterocycles. The molecule has 1 fully saturated rings. The van der Waals surface area contributed by atoms with Crippen molar-refractivity contribution in [3.8, 4) is 0 Å². The van der Waals surface area contributed by atoms with Crippen LogP contribution >= 0.6 is 0 Å². The number of ketones is 1. The Morgan fingerprint density at radius 1 is 1.38 bits per heavy atom. The highest BCUT2D eigenvalue weighted by Crippen LogP contribution is 2.40. The largest absolute Gasteiger partial charge is 0.444 e. The van der Waals surface area contributed by atoms with Gasteiger partial charge in [0, 0.05) is 6.42 Å². The van der Waals surface area contributed by atoms with Crippen LogP contribution in [-0.2, 0) is 9.53 Å². The Kier molecular flexibility index (Phi) is 3.94. The number of rotatable bonds is 4. The van der Waals surface area contributed by atoms with E-state index in [-0.39, 0.29) is 12.3 Å². The molecule has 1 amide bonds. The number of ether oxygens (including phenoxy) is 1. The number of nitrogens with one attached hydrogen (secondary N) is 1. The Morgan fingerprint density at radius 3 is 2.38 bits per heavy atom. The summed E-state index contributed by atoms with van der Waals surface area (Å²) < 4.78 is 5.03. The molecule has 0 bridgehead atoms. The lowest BCUT2D eigenvalue weighted by molar-refractivity contribution is -0.118. The zero-order valence-corrected chi connectivity index (χ0v) is 10.5. The van der Waals surface area contributed by atoms with Gasteiger partial charge in [-0.1, -0.05) is 6.92 Å². The van der Waals surface area contributed by atoms with Gasteiger partial charge in [-0.3, -0.25) is 4.79 Å². The maximum absolute atomic E-state index is 11.4. The number of hydrogen-bond donors (Lipinski definition) is 1. The molecule has 0 aromatic carbocycles. The number of hydrogen-bond acceptors (Lipinski definition) is 3. The molecule has 1 N–H and O–H groups in total. The second kappa shape index (κ2) is 4.85. The van der Waals surface area contributed by atoms with E-state index in [1.165, 1.54) is 0 Å². The quantitative estimate of drug-likeness (QED) is 0.800. The number of Topliss-reactive ketones (excluding diaryl/α,β-unsaturated/α-hetero) is 1. The van der Waals surface area contributed by atoms with Crippen LogP contribution in [0.1, 0.15) is 40.5 Å². The van der Waals surface area contributed by atoms with E-state index in [2.05, 4.69) is 12.2 Å². The van der Waals surface area contributed by atoms with Crippen LogP contribution in [0, 0.1) is 11.8 Å². The fourth-order valence-electron chi connectivity index (χ4n) is 1.53. The fraction of sp³-hybridized carbons (Fsp3) is 0.833. The molecule has 0 saturated heterocycles. The van der Waals surface area contributed by atoms with Crippen molar-refractivity contribution in [2.45, 2.75) is 46.1 Å². The molecule has 92 valence electrons. The van der Waals surface area contributed by atoms with Gasteiger partial charge in [0.25, 0.3) is 0 Å². The second-order valence-corrected chi connectivity index (χ2v) is 5.57. The Morgan fingerprint density at radius 2 is 1.94 bits per heavy atom. The topological polar surface area (TPSA) is 55.4 Å². The molecule has 0 aliphatic heterocycles. The van der Waals surface area contributed by atoms with Crippen LogP contribution in [-0.4, -0.2) is 24.0 Å². The Balaban J connectivity index is 2.14. The Labute approximate surface area is 96.7 Å². The summed E-state index contributed by atoms with van der Waals surface area (Å²) >= 11 is 0. The molecule has 16 heavy (non-hydrogen) atoms. The van der Waals surface area contributed by atoms with E-state index in [9.17, 15) is 9.59 Å². The summed E-state index contributed by atoms with van der Waals surface area (Å²) in [4.78, 5) is 22.7. The standard InChI is InChI=1S/C12H21NO3/c1-8-5-9(8)6-10(14)7-13-11(15)16-12(2,3)4/h8-9H,5-7H2,1-4H3,(H,13,15). The van der Waals surface area contributed by atoms with E-state index in [0.29, 0.717) is 18.3 Å². The van der Waals surface area contributed by atoms with Crippen molar-refractivity contribution >= 4 is 11.9 Å². The molecule has 1 saturated carbocycles.